The summed E-state index contributed by atoms with van der Waals surface area (Å²) < 4.78 is 0. The van der Waals surface area contributed by atoms with Crippen LogP contribution in [0.4, 0.5) is 0 Å². The van der Waals surface area contributed by atoms with Gasteiger partial charge in [0, 0.05) is 4.88 Å². The van der Waals surface area contributed by atoms with E-state index in [1.54, 1.807) is 29.5 Å². The fourth-order valence-electron chi connectivity index (χ4n) is 2.17. The van der Waals surface area contributed by atoms with Crippen LogP contribution in [-0.2, 0) is 11.2 Å². The molecule has 2 N–H and O–H groups in total. The zero-order valence-electron chi connectivity index (χ0n) is 11.7. The van der Waals surface area contributed by atoms with Crippen molar-refractivity contribution < 1.29 is 14.7 Å². The molecule has 5 heteroatoms. The summed E-state index contributed by atoms with van der Waals surface area (Å²) in [7, 11) is 0. The fourth-order valence-corrected chi connectivity index (χ4v) is 3.03. The third kappa shape index (κ3) is 3.92. The molecule has 1 amide bonds. The van der Waals surface area contributed by atoms with Crippen LogP contribution in [0.1, 0.15) is 40.2 Å². The molecule has 1 unspecified atom stereocenters. The number of hydrogen-bond donors (Lipinski definition) is 2. The first kappa shape index (κ1) is 15.3. The highest BCUT2D eigenvalue weighted by molar-refractivity contribution is 7.10. The first-order valence-corrected chi connectivity index (χ1v) is 7.63. The van der Waals surface area contributed by atoms with E-state index in [0.717, 1.165) is 11.3 Å². The van der Waals surface area contributed by atoms with E-state index in [2.05, 4.69) is 5.32 Å². The maximum atomic E-state index is 12.2. The van der Waals surface area contributed by atoms with Crippen LogP contribution >= 0.6 is 11.3 Å². The van der Waals surface area contributed by atoms with Crippen LogP contribution in [0.15, 0.2) is 41.8 Å². The topological polar surface area (TPSA) is 66.4 Å². The van der Waals surface area contributed by atoms with Crippen molar-refractivity contribution in [2.45, 2.75) is 25.8 Å². The average molecular weight is 303 g/mol. The summed E-state index contributed by atoms with van der Waals surface area (Å²) >= 11 is 1.60. The summed E-state index contributed by atoms with van der Waals surface area (Å²) in [5.74, 6) is -1.17. The lowest BCUT2D eigenvalue weighted by molar-refractivity contribution is -0.121. The Hall–Kier alpha value is -2.14. The van der Waals surface area contributed by atoms with Gasteiger partial charge in [-0.1, -0.05) is 31.2 Å². The Kier molecular flexibility index (Phi) is 5.11. The van der Waals surface area contributed by atoms with Crippen LogP contribution in [0.3, 0.4) is 0 Å². The molecule has 2 rings (SSSR count). The number of thiophene rings is 1. The molecule has 0 fully saturated rings. The number of benzene rings is 1. The maximum absolute atomic E-state index is 12.2. The number of rotatable bonds is 6. The van der Waals surface area contributed by atoms with Gasteiger partial charge in [0.05, 0.1) is 18.0 Å². The monoisotopic (exact) mass is 303 g/mol. The van der Waals surface area contributed by atoms with Crippen LogP contribution in [0.5, 0.6) is 0 Å². The zero-order chi connectivity index (χ0) is 15.2. The molecule has 1 heterocycles. The molecular formula is C16H17NO3S. The van der Waals surface area contributed by atoms with Gasteiger partial charge in [0.15, 0.2) is 0 Å². The first-order valence-electron chi connectivity index (χ1n) is 6.75. The quantitative estimate of drug-likeness (QED) is 0.861. The predicted molar refractivity (Wildman–Crippen MR) is 82.6 cm³/mol. The zero-order valence-corrected chi connectivity index (χ0v) is 12.5. The second-order valence-corrected chi connectivity index (χ2v) is 5.66. The Labute approximate surface area is 127 Å². The van der Waals surface area contributed by atoms with Gasteiger partial charge in [0.2, 0.25) is 5.91 Å². The summed E-state index contributed by atoms with van der Waals surface area (Å²) in [4.78, 5) is 24.4. The van der Waals surface area contributed by atoms with Gasteiger partial charge in [-0.25, -0.2) is 4.79 Å². The lowest BCUT2D eigenvalue weighted by atomic mass is 10.0. The van der Waals surface area contributed by atoms with Crippen molar-refractivity contribution in [3.8, 4) is 0 Å². The van der Waals surface area contributed by atoms with Gasteiger partial charge in [-0.2, -0.15) is 0 Å². The van der Waals surface area contributed by atoms with Gasteiger partial charge < -0.3 is 10.4 Å². The Morgan fingerprint density at radius 1 is 1.24 bits per heavy atom. The SMILES string of the molecule is CCC(NC(=O)Cc1ccccc1C(=O)O)c1cccs1. The van der Waals surface area contributed by atoms with Crippen molar-refractivity contribution in [3.05, 3.63) is 57.8 Å². The molecule has 0 aliphatic heterocycles. The highest BCUT2D eigenvalue weighted by Gasteiger charge is 2.16. The lowest BCUT2D eigenvalue weighted by Gasteiger charge is -2.16. The molecule has 0 aliphatic rings. The van der Waals surface area contributed by atoms with Crippen LogP contribution in [0.2, 0.25) is 0 Å². The smallest absolute Gasteiger partial charge is 0.335 e. The summed E-state index contributed by atoms with van der Waals surface area (Å²) in [6.07, 6.45) is 0.872. The maximum Gasteiger partial charge on any atom is 0.335 e. The van der Waals surface area contributed by atoms with Crippen molar-refractivity contribution in [1.29, 1.82) is 0 Å². The number of aromatic carboxylic acids is 1. The molecular weight excluding hydrogens is 286 g/mol. The molecule has 0 saturated carbocycles. The van der Waals surface area contributed by atoms with Crippen LogP contribution in [0.25, 0.3) is 0 Å². The van der Waals surface area contributed by atoms with Crippen LogP contribution < -0.4 is 5.32 Å². The summed E-state index contributed by atoms with van der Waals surface area (Å²) in [5, 5.41) is 14.1. The predicted octanol–water partition coefficient (Wildman–Crippen LogP) is 3.26. The van der Waals surface area contributed by atoms with Gasteiger partial charge in [0.25, 0.3) is 0 Å². The number of nitrogens with one attached hydrogen (secondary N) is 1. The van der Waals surface area contributed by atoms with Crippen LogP contribution in [0, 0.1) is 0 Å². The van der Waals surface area contributed by atoms with Gasteiger partial charge >= 0.3 is 5.97 Å². The molecule has 4 nitrogen and oxygen atoms in total. The number of amides is 1. The van der Waals surface area contributed by atoms with E-state index in [9.17, 15) is 9.59 Å². The van der Waals surface area contributed by atoms with E-state index >= 15 is 0 Å². The second-order valence-electron chi connectivity index (χ2n) is 4.68. The van der Waals surface area contributed by atoms with Gasteiger partial charge in [0.1, 0.15) is 0 Å². The molecule has 1 atom stereocenters. The molecule has 21 heavy (non-hydrogen) atoms. The molecule has 1 aromatic heterocycles. The van der Waals surface area contributed by atoms with Gasteiger partial charge in [-0.15, -0.1) is 11.3 Å². The number of carbonyl (C=O) groups excluding carboxylic acids is 1. The largest absolute Gasteiger partial charge is 0.478 e. The van der Waals surface area contributed by atoms with E-state index in [0.29, 0.717) is 5.56 Å². The molecule has 1 aromatic carbocycles. The summed E-state index contributed by atoms with van der Waals surface area (Å²) in [6, 6.07) is 10.5. The Morgan fingerprint density at radius 3 is 2.62 bits per heavy atom. The van der Waals surface area contributed by atoms with Gasteiger partial charge in [-0.3, -0.25) is 4.79 Å². The third-order valence-electron chi connectivity index (χ3n) is 3.23. The minimum atomic E-state index is -1.01. The number of carbonyl (C=O) groups is 2. The van der Waals surface area contributed by atoms with Crippen LogP contribution in [-0.4, -0.2) is 17.0 Å². The van der Waals surface area contributed by atoms with E-state index < -0.39 is 5.97 Å². The molecule has 0 radical (unpaired) electrons. The molecule has 110 valence electrons. The van der Waals surface area contributed by atoms with Crippen molar-refractivity contribution >= 4 is 23.2 Å². The van der Waals surface area contributed by atoms with E-state index in [1.807, 2.05) is 24.4 Å². The highest BCUT2D eigenvalue weighted by Crippen LogP contribution is 2.22. The normalized spacial score (nSPS) is 11.9. The van der Waals surface area contributed by atoms with Crippen molar-refractivity contribution in [2.24, 2.45) is 0 Å². The van der Waals surface area contributed by atoms with E-state index in [1.165, 1.54) is 6.07 Å². The number of carboxylic acids is 1. The average Bonchev–Trinajstić information content (AvgIpc) is 2.99. The molecule has 0 bridgehead atoms. The van der Waals surface area contributed by atoms with E-state index in [-0.39, 0.29) is 23.9 Å². The van der Waals surface area contributed by atoms with Crippen molar-refractivity contribution in [3.63, 3.8) is 0 Å². The molecule has 0 saturated heterocycles. The Balaban J connectivity index is 2.07. The first-order chi connectivity index (χ1) is 10.1. The van der Waals surface area contributed by atoms with Crippen molar-refractivity contribution in [2.75, 3.05) is 0 Å². The minimum absolute atomic E-state index is 0.0190. The summed E-state index contributed by atoms with van der Waals surface area (Å²) in [5.41, 5.74) is 0.709. The Bertz CT molecular complexity index is 622. The number of hydrogen-bond acceptors (Lipinski definition) is 3. The van der Waals surface area contributed by atoms with E-state index in [4.69, 9.17) is 5.11 Å². The molecule has 2 aromatic rings. The standard InChI is InChI=1S/C16H17NO3S/c1-2-13(14-8-5-9-21-14)17-15(18)10-11-6-3-4-7-12(11)16(19)20/h3-9,13H,2,10H2,1H3,(H,17,18)(H,19,20). The minimum Gasteiger partial charge on any atom is -0.478 e. The van der Waals surface area contributed by atoms with Crippen molar-refractivity contribution in [1.82, 2.24) is 5.32 Å². The number of carboxylic acid groups (broad SMARTS) is 1. The fraction of sp³-hybridized carbons (Fsp3) is 0.250. The second kappa shape index (κ2) is 7.04. The molecule has 0 spiro atoms. The summed E-state index contributed by atoms with van der Waals surface area (Å²) in [6.45, 7) is 2.01. The Morgan fingerprint density at radius 2 is 2.00 bits per heavy atom. The highest BCUT2D eigenvalue weighted by atomic mass is 32.1. The van der Waals surface area contributed by atoms with Gasteiger partial charge in [-0.05, 0) is 29.5 Å². The molecule has 0 aliphatic carbocycles. The third-order valence-corrected chi connectivity index (χ3v) is 4.21. The lowest BCUT2D eigenvalue weighted by Crippen LogP contribution is -2.29.